The molecule has 0 bridgehead atoms. The minimum Gasteiger partial charge on any atom is -0.368 e. The van der Waals surface area contributed by atoms with Crippen LogP contribution in [0.5, 0.6) is 0 Å². The molecule has 0 radical (unpaired) electrons. The predicted molar refractivity (Wildman–Crippen MR) is 346 cm³/mol. The van der Waals surface area contributed by atoms with E-state index in [1.54, 1.807) is 0 Å². The molecular weight excluding hydrogens is 1280 g/mol. The maximum Gasteiger partial charge on any atom is 0.253 e. The van der Waals surface area contributed by atoms with Gasteiger partial charge in [0, 0.05) is 80.5 Å². The number of amides is 17. The summed E-state index contributed by atoms with van der Waals surface area (Å²) in [5.41, 5.74) is 5.66. The summed E-state index contributed by atoms with van der Waals surface area (Å²) >= 11 is 4.65. The van der Waals surface area contributed by atoms with E-state index in [1.807, 2.05) is 0 Å². The molecule has 17 amide bonds. The first-order chi connectivity index (χ1) is 45.7. The summed E-state index contributed by atoms with van der Waals surface area (Å²) in [5, 5.41) is 34.3. The monoisotopic (exact) mass is 1380 g/mol. The van der Waals surface area contributed by atoms with Gasteiger partial charge in [-0.15, -0.1) is 0 Å². The van der Waals surface area contributed by atoms with Crippen molar-refractivity contribution in [3.05, 3.63) is 12.2 Å². The molecule has 0 fully saturated rings. The molecule has 0 saturated heterocycles. The number of unbranched alkanes of at least 4 members (excludes halogenated alkanes) is 2. The maximum absolute atomic E-state index is 13.9. The minimum atomic E-state index is -1.40. The van der Waals surface area contributed by atoms with Crippen LogP contribution in [0, 0.1) is 0 Å². The highest BCUT2D eigenvalue weighted by molar-refractivity contribution is 7.99. The SMILES string of the molecule is [2H]CCSC[C@H](NC(=O)CNC(C)=O)C(=O)NCC(=O)N[C@@H](CSCC[2H])C(=O)NCC(=O)NCCCC[C@H](NC(=O)CNC(=O)[C@H](CSCC[2H])NC(=O)CNC(=O)[C@H](CSCC[2H])NC(=O)CNC(C)=O)C(=O)N[C@@H](CCCCNC(=O)CCN1C(=O)C=CC1=O)C(N)=O. The standard InChI is InChI=1S/C55H90N16O17S4/c1-7-89-29-37(68-46(79)27-63-52(85)38(30-90-8-2)66-43(76)24-59-33(5)72)51(84)61-23-42(75)58-21-14-12-16-36(55(88)70-35(50(56)83)15-11-13-20-57-41(74)19-22-71-48(81)17-18-49(71)82)65-45(78)26-62-54(87)40(32-92-10-4)69-47(80)28-64-53(86)39(31-91-9-3)67-44(77)25-60-34(6)73/h17-18,35-40H,7-16,19-32H2,1-6H3,(H2,56,83)(H,57,74)(H,58,75)(H,59,72)(H,60,73)(H,61,84)(H,62,87)(H,63,85)(H,64,86)(H,65,78)(H,66,76)(H,67,77)(H,68,79)(H,69,80)(H,70,88)/t35-,36-,37-,38-,39-,40-/m0/s1/i1D,2D,3D,4D. The number of rotatable bonds is 49. The van der Waals surface area contributed by atoms with Crippen molar-refractivity contribution >= 4 is 147 Å². The van der Waals surface area contributed by atoms with Crippen molar-refractivity contribution in [2.45, 2.75) is 123 Å². The lowest BCUT2D eigenvalue weighted by atomic mass is 10.1. The highest BCUT2D eigenvalue weighted by Crippen LogP contribution is 2.09. The lowest BCUT2D eigenvalue weighted by molar-refractivity contribution is -0.137. The van der Waals surface area contributed by atoms with Gasteiger partial charge < -0.3 is 80.2 Å². The Labute approximate surface area is 556 Å². The summed E-state index contributed by atoms with van der Waals surface area (Å²) in [6, 6.07) is -7.57. The van der Waals surface area contributed by atoms with Crippen molar-refractivity contribution in [1.29, 1.82) is 0 Å². The quantitative estimate of drug-likeness (QED) is 0.0199. The zero-order chi connectivity index (χ0) is 71.8. The van der Waals surface area contributed by atoms with Crippen molar-refractivity contribution < 1.29 is 87.0 Å². The number of nitrogens with two attached hydrogens (primary N) is 1. The van der Waals surface area contributed by atoms with E-state index in [0.29, 0.717) is 17.9 Å². The highest BCUT2D eigenvalue weighted by atomic mass is 32.2. The molecule has 516 valence electrons. The van der Waals surface area contributed by atoms with Gasteiger partial charge in [0.2, 0.25) is 88.6 Å². The second kappa shape index (κ2) is 48.1. The zero-order valence-corrected chi connectivity index (χ0v) is 54.8. The van der Waals surface area contributed by atoms with Crippen LogP contribution in [0.1, 0.15) is 91.9 Å². The van der Waals surface area contributed by atoms with Gasteiger partial charge in [-0.3, -0.25) is 86.4 Å². The van der Waals surface area contributed by atoms with E-state index in [0.717, 1.165) is 40.6 Å². The van der Waals surface area contributed by atoms with Crippen LogP contribution in [-0.2, 0) is 81.5 Å². The average Bonchev–Trinajstić information content (AvgIpc) is 2.03. The van der Waals surface area contributed by atoms with Gasteiger partial charge in [0.25, 0.3) is 11.8 Å². The van der Waals surface area contributed by atoms with Gasteiger partial charge >= 0.3 is 0 Å². The summed E-state index contributed by atoms with van der Waals surface area (Å²) in [6.45, 7) is -1.14. The first kappa shape index (κ1) is 75.1. The van der Waals surface area contributed by atoms with Crippen molar-refractivity contribution in [3.8, 4) is 0 Å². The molecule has 0 spiro atoms. The van der Waals surface area contributed by atoms with Crippen LogP contribution in [-0.4, -0.2) is 246 Å². The summed E-state index contributed by atoms with van der Waals surface area (Å²) in [6.07, 6.45) is 2.69. The lowest BCUT2D eigenvalue weighted by Gasteiger charge is -2.23. The molecule has 16 N–H and O–H groups in total. The molecule has 1 rings (SSSR count). The molecule has 0 aromatic carbocycles. The fourth-order valence-corrected chi connectivity index (χ4v) is 10.1. The molecule has 1 aliphatic heterocycles. The third-order valence-corrected chi connectivity index (χ3v) is 15.7. The van der Waals surface area contributed by atoms with Crippen LogP contribution in [0.25, 0.3) is 0 Å². The van der Waals surface area contributed by atoms with Crippen LogP contribution in [0.3, 0.4) is 0 Å². The number of carbonyl (C=O) groups is 17. The van der Waals surface area contributed by atoms with E-state index in [-0.39, 0.29) is 120 Å². The molecule has 0 aromatic heterocycles. The average molecular weight is 1380 g/mol. The largest absolute Gasteiger partial charge is 0.368 e. The first-order valence-corrected chi connectivity index (χ1v) is 33.6. The van der Waals surface area contributed by atoms with E-state index in [2.05, 4.69) is 74.4 Å². The normalized spacial score (nSPS) is 14.0. The highest BCUT2D eigenvalue weighted by Gasteiger charge is 2.30. The summed E-state index contributed by atoms with van der Waals surface area (Å²) in [7, 11) is 0. The third-order valence-electron chi connectivity index (χ3n) is 12.3. The summed E-state index contributed by atoms with van der Waals surface area (Å²) < 4.78 is 29.7. The Morgan fingerprint density at radius 3 is 1.05 bits per heavy atom. The Balaban J connectivity index is 3.12. The summed E-state index contributed by atoms with van der Waals surface area (Å²) in [4.78, 5) is 216. The van der Waals surface area contributed by atoms with Gasteiger partial charge in [-0.05, 0) is 61.5 Å². The molecule has 33 nitrogen and oxygen atoms in total. The van der Waals surface area contributed by atoms with Crippen LogP contribution < -0.4 is 80.2 Å². The van der Waals surface area contributed by atoms with Crippen molar-refractivity contribution in [3.63, 3.8) is 0 Å². The molecule has 92 heavy (non-hydrogen) atoms. The van der Waals surface area contributed by atoms with Crippen molar-refractivity contribution in [2.24, 2.45) is 5.73 Å². The van der Waals surface area contributed by atoms with Crippen LogP contribution in [0.4, 0.5) is 0 Å². The number of hydrogen-bond acceptors (Lipinski definition) is 21. The van der Waals surface area contributed by atoms with E-state index in [9.17, 15) is 81.5 Å². The van der Waals surface area contributed by atoms with Gasteiger partial charge in [0.15, 0.2) is 0 Å². The van der Waals surface area contributed by atoms with Crippen LogP contribution in [0.2, 0.25) is 0 Å². The van der Waals surface area contributed by atoms with Crippen LogP contribution in [0.15, 0.2) is 12.2 Å². The fraction of sp³-hybridized carbons (Fsp3) is 0.655. The van der Waals surface area contributed by atoms with E-state index in [4.69, 9.17) is 11.2 Å². The Hall–Kier alpha value is -7.67. The molecule has 1 aliphatic rings. The topological polar surface area (TPSA) is 488 Å². The number of hydrogen-bond donors (Lipinski definition) is 15. The molecule has 0 saturated carbocycles. The maximum atomic E-state index is 13.9. The van der Waals surface area contributed by atoms with Gasteiger partial charge in [0.1, 0.15) is 36.3 Å². The van der Waals surface area contributed by atoms with Crippen LogP contribution >= 0.6 is 47.0 Å². The number of nitrogens with one attached hydrogen (secondary N) is 14. The number of primary amides is 1. The molecule has 6 atom stereocenters. The molecule has 0 aliphatic carbocycles. The van der Waals surface area contributed by atoms with Gasteiger partial charge in [-0.25, -0.2) is 0 Å². The van der Waals surface area contributed by atoms with Crippen molar-refractivity contribution in [2.75, 3.05) is 105 Å². The Morgan fingerprint density at radius 2 is 0.717 bits per heavy atom. The molecule has 0 aromatic rings. The fourth-order valence-electron chi connectivity index (χ4n) is 7.58. The predicted octanol–water partition coefficient (Wildman–Crippen LogP) is -5.98. The van der Waals surface area contributed by atoms with Crippen molar-refractivity contribution in [1.82, 2.24) is 79.3 Å². The minimum absolute atomic E-state index is 0.0129. The number of thioether (sulfide) groups is 4. The van der Waals surface area contributed by atoms with E-state index >= 15 is 0 Å². The van der Waals surface area contributed by atoms with Gasteiger partial charge in [-0.1, -0.05) is 27.6 Å². The van der Waals surface area contributed by atoms with E-state index in [1.165, 1.54) is 37.4 Å². The van der Waals surface area contributed by atoms with E-state index < -0.39 is 176 Å². The third kappa shape index (κ3) is 37.6. The first-order valence-electron chi connectivity index (χ1n) is 31.8. The smallest absolute Gasteiger partial charge is 0.253 e. The Kier molecular flexibility index (Phi) is 39.3. The summed E-state index contributed by atoms with van der Waals surface area (Å²) in [5.74, 6) is -11.0. The second-order valence-electron chi connectivity index (χ2n) is 19.7. The molecular formula is C55H90N16O17S4. The van der Waals surface area contributed by atoms with Gasteiger partial charge in [0.05, 0.1) is 39.3 Å². The lowest BCUT2D eigenvalue weighted by Crippen LogP contribution is -2.56. The molecule has 37 heteroatoms. The Bertz CT molecular complexity index is 2660. The Morgan fingerprint density at radius 1 is 0.402 bits per heavy atom. The number of imide groups is 1. The number of carbonyl (C=O) groups excluding carboxylic acids is 17. The second-order valence-corrected chi connectivity index (χ2v) is 24.3. The van der Waals surface area contributed by atoms with Gasteiger partial charge in [-0.2, -0.15) is 47.0 Å². The molecule has 1 heterocycles. The zero-order valence-electron chi connectivity index (χ0n) is 55.5. The number of nitrogens with zero attached hydrogens (tertiary/aromatic N) is 1. The molecule has 0 unspecified atom stereocenters.